The standard InChI is InChI=1S/C17H15F2N3O3S/c1-8(2)14(21-15(23)12-4-3-5-25-12)16(24)22-17-20-11-6-9(18)10(19)7-13(11)26-17/h3-8,14H,1-2H3,(H,21,23)(H,20,22,24). The van der Waals surface area contributed by atoms with Crippen molar-refractivity contribution in [1.29, 1.82) is 0 Å². The maximum Gasteiger partial charge on any atom is 0.287 e. The zero-order chi connectivity index (χ0) is 18.8. The van der Waals surface area contributed by atoms with Crippen molar-refractivity contribution >= 4 is 38.5 Å². The molecule has 1 aromatic carbocycles. The van der Waals surface area contributed by atoms with Crippen molar-refractivity contribution in [2.45, 2.75) is 19.9 Å². The summed E-state index contributed by atoms with van der Waals surface area (Å²) in [5.41, 5.74) is 0.241. The monoisotopic (exact) mass is 379 g/mol. The van der Waals surface area contributed by atoms with E-state index >= 15 is 0 Å². The summed E-state index contributed by atoms with van der Waals surface area (Å²) in [5, 5.41) is 5.37. The summed E-state index contributed by atoms with van der Waals surface area (Å²) in [6.07, 6.45) is 1.36. The number of hydrogen-bond acceptors (Lipinski definition) is 5. The summed E-state index contributed by atoms with van der Waals surface area (Å²) in [4.78, 5) is 28.7. The van der Waals surface area contributed by atoms with Crippen molar-refractivity contribution in [1.82, 2.24) is 10.3 Å². The number of benzene rings is 1. The Morgan fingerprint density at radius 1 is 1.23 bits per heavy atom. The van der Waals surface area contributed by atoms with Crippen molar-refractivity contribution in [3.05, 3.63) is 47.9 Å². The van der Waals surface area contributed by atoms with Gasteiger partial charge in [-0.1, -0.05) is 25.2 Å². The number of anilines is 1. The second-order valence-electron chi connectivity index (χ2n) is 5.91. The highest BCUT2D eigenvalue weighted by atomic mass is 32.1. The number of amides is 2. The van der Waals surface area contributed by atoms with Crippen molar-refractivity contribution < 1.29 is 22.8 Å². The highest BCUT2D eigenvalue weighted by molar-refractivity contribution is 7.22. The zero-order valence-corrected chi connectivity index (χ0v) is 14.7. The largest absolute Gasteiger partial charge is 0.459 e. The Morgan fingerprint density at radius 2 is 1.96 bits per heavy atom. The molecule has 2 amide bonds. The highest BCUT2D eigenvalue weighted by Gasteiger charge is 2.26. The molecule has 0 fully saturated rings. The van der Waals surface area contributed by atoms with Crippen LogP contribution in [0.3, 0.4) is 0 Å². The predicted molar refractivity (Wildman–Crippen MR) is 93.0 cm³/mol. The van der Waals surface area contributed by atoms with E-state index in [0.717, 1.165) is 23.5 Å². The fraction of sp³-hybridized carbons (Fsp3) is 0.235. The molecule has 136 valence electrons. The van der Waals surface area contributed by atoms with Gasteiger partial charge in [0.1, 0.15) is 6.04 Å². The summed E-state index contributed by atoms with van der Waals surface area (Å²) in [6.45, 7) is 3.55. The Morgan fingerprint density at radius 3 is 2.62 bits per heavy atom. The molecule has 6 nitrogen and oxygen atoms in total. The average Bonchev–Trinajstić information content (AvgIpc) is 3.22. The first kappa shape index (κ1) is 18.0. The zero-order valence-electron chi connectivity index (χ0n) is 13.9. The van der Waals surface area contributed by atoms with E-state index in [2.05, 4.69) is 15.6 Å². The molecule has 1 unspecified atom stereocenters. The smallest absolute Gasteiger partial charge is 0.287 e. The van der Waals surface area contributed by atoms with Gasteiger partial charge in [0.15, 0.2) is 22.5 Å². The van der Waals surface area contributed by atoms with Crippen LogP contribution in [0.4, 0.5) is 13.9 Å². The fourth-order valence-electron chi connectivity index (χ4n) is 2.32. The number of fused-ring (bicyclic) bond motifs is 1. The number of thiazole rings is 1. The molecule has 3 rings (SSSR count). The molecule has 0 radical (unpaired) electrons. The van der Waals surface area contributed by atoms with Gasteiger partial charge in [-0.15, -0.1) is 0 Å². The van der Waals surface area contributed by atoms with Crippen LogP contribution in [-0.2, 0) is 4.79 Å². The summed E-state index contributed by atoms with van der Waals surface area (Å²) in [6, 6.07) is 4.21. The first-order valence-electron chi connectivity index (χ1n) is 7.76. The molecule has 0 aliphatic carbocycles. The van der Waals surface area contributed by atoms with Crippen LogP contribution in [0, 0.1) is 17.6 Å². The Kier molecular flexibility index (Phi) is 4.99. The van der Waals surface area contributed by atoms with Crippen LogP contribution < -0.4 is 10.6 Å². The van der Waals surface area contributed by atoms with Crippen molar-refractivity contribution in [2.75, 3.05) is 5.32 Å². The van der Waals surface area contributed by atoms with Crippen LogP contribution >= 0.6 is 11.3 Å². The number of carbonyl (C=O) groups excluding carboxylic acids is 2. The molecular formula is C17H15F2N3O3S. The minimum absolute atomic E-state index is 0.0920. The number of rotatable bonds is 5. The van der Waals surface area contributed by atoms with E-state index in [1.165, 1.54) is 12.3 Å². The lowest BCUT2D eigenvalue weighted by Gasteiger charge is -2.20. The van der Waals surface area contributed by atoms with Gasteiger partial charge in [-0.2, -0.15) is 0 Å². The lowest BCUT2D eigenvalue weighted by Crippen LogP contribution is -2.47. The van der Waals surface area contributed by atoms with Crippen LogP contribution in [0.1, 0.15) is 24.4 Å². The number of hydrogen-bond donors (Lipinski definition) is 2. The van der Waals surface area contributed by atoms with Gasteiger partial charge in [0.25, 0.3) is 5.91 Å². The van der Waals surface area contributed by atoms with Crippen LogP contribution in [0.15, 0.2) is 34.9 Å². The van der Waals surface area contributed by atoms with Gasteiger partial charge in [0.2, 0.25) is 5.91 Å². The second kappa shape index (κ2) is 7.20. The van der Waals surface area contributed by atoms with E-state index in [-0.39, 0.29) is 22.3 Å². The molecule has 0 saturated heterocycles. The Bertz CT molecular complexity index is 915. The minimum atomic E-state index is -1.01. The number of aromatic nitrogens is 1. The van der Waals surface area contributed by atoms with Gasteiger partial charge in [0, 0.05) is 6.07 Å². The number of carbonyl (C=O) groups is 2. The second-order valence-corrected chi connectivity index (χ2v) is 6.95. The Hall–Kier alpha value is -2.81. The first-order valence-corrected chi connectivity index (χ1v) is 8.57. The molecular weight excluding hydrogens is 364 g/mol. The van der Waals surface area contributed by atoms with Crippen LogP contribution in [0.5, 0.6) is 0 Å². The van der Waals surface area contributed by atoms with Gasteiger partial charge in [-0.05, 0) is 24.1 Å². The lowest BCUT2D eigenvalue weighted by molar-refractivity contribution is -0.118. The maximum absolute atomic E-state index is 13.3. The topological polar surface area (TPSA) is 84.2 Å². The van der Waals surface area contributed by atoms with Gasteiger partial charge in [-0.3, -0.25) is 9.59 Å². The number of nitrogens with zero attached hydrogens (tertiary/aromatic N) is 1. The third-order valence-electron chi connectivity index (χ3n) is 3.64. The van der Waals surface area contributed by atoms with E-state index in [0.29, 0.717) is 4.70 Å². The SMILES string of the molecule is CC(C)C(NC(=O)c1ccco1)C(=O)Nc1nc2cc(F)c(F)cc2s1. The molecule has 1 atom stereocenters. The molecule has 3 aromatic rings. The molecule has 0 bridgehead atoms. The first-order chi connectivity index (χ1) is 12.3. The number of halogens is 2. The normalized spacial score (nSPS) is 12.3. The molecule has 26 heavy (non-hydrogen) atoms. The Balaban J connectivity index is 1.76. The molecule has 2 aromatic heterocycles. The third kappa shape index (κ3) is 3.72. The fourth-order valence-corrected chi connectivity index (χ4v) is 3.19. The molecule has 0 spiro atoms. The number of furan rings is 1. The van der Waals surface area contributed by atoms with E-state index in [1.54, 1.807) is 19.9 Å². The molecule has 2 N–H and O–H groups in total. The molecule has 2 heterocycles. The average molecular weight is 379 g/mol. The highest BCUT2D eigenvalue weighted by Crippen LogP contribution is 2.28. The minimum Gasteiger partial charge on any atom is -0.459 e. The molecule has 0 aliphatic rings. The van der Waals surface area contributed by atoms with E-state index in [9.17, 15) is 18.4 Å². The molecule has 9 heteroatoms. The number of nitrogens with one attached hydrogen (secondary N) is 2. The van der Waals surface area contributed by atoms with E-state index in [1.807, 2.05) is 0 Å². The van der Waals surface area contributed by atoms with Gasteiger partial charge < -0.3 is 15.1 Å². The maximum atomic E-state index is 13.3. The summed E-state index contributed by atoms with van der Waals surface area (Å²) in [7, 11) is 0. The predicted octanol–water partition coefficient (Wildman–Crippen LogP) is 3.56. The molecule has 0 saturated carbocycles. The van der Waals surface area contributed by atoms with Crippen LogP contribution in [0.2, 0.25) is 0 Å². The Labute approximate surface area is 151 Å². The summed E-state index contributed by atoms with van der Waals surface area (Å²) < 4.78 is 32.0. The van der Waals surface area contributed by atoms with Gasteiger partial charge >= 0.3 is 0 Å². The van der Waals surface area contributed by atoms with E-state index < -0.39 is 29.5 Å². The van der Waals surface area contributed by atoms with E-state index in [4.69, 9.17) is 4.42 Å². The quantitative estimate of drug-likeness (QED) is 0.710. The van der Waals surface area contributed by atoms with Crippen molar-refractivity contribution in [3.8, 4) is 0 Å². The van der Waals surface area contributed by atoms with Crippen LogP contribution in [0.25, 0.3) is 10.2 Å². The molecule has 0 aliphatic heterocycles. The third-order valence-corrected chi connectivity index (χ3v) is 4.57. The summed E-state index contributed by atoms with van der Waals surface area (Å²) in [5.74, 6) is -3.11. The van der Waals surface area contributed by atoms with Crippen molar-refractivity contribution in [3.63, 3.8) is 0 Å². The van der Waals surface area contributed by atoms with Crippen LogP contribution in [-0.4, -0.2) is 22.8 Å². The van der Waals surface area contributed by atoms with Gasteiger partial charge in [-0.25, -0.2) is 13.8 Å². The van der Waals surface area contributed by atoms with Gasteiger partial charge in [0.05, 0.1) is 16.5 Å². The lowest BCUT2D eigenvalue weighted by atomic mass is 10.0. The van der Waals surface area contributed by atoms with Crippen molar-refractivity contribution in [2.24, 2.45) is 5.92 Å². The summed E-state index contributed by atoms with van der Waals surface area (Å²) >= 11 is 1.01.